The highest BCUT2D eigenvalue weighted by Gasteiger charge is 2.19. The van der Waals surface area contributed by atoms with Crippen molar-refractivity contribution in [3.05, 3.63) is 46.1 Å². The van der Waals surface area contributed by atoms with Gasteiger partial charge in [-0.2, -0.15) is 0 Å². The number of rotatable bonds is 4. The molecule has 0 atom stereocenters. The molecular formula is C17H17BrN2O3. The van der Waals surface area contributed by atoms with Crippen molar-refractivity contribution in [3.8, 4) is 0 Å². The van der Waals surface area contributed by atoms with E-state index in [0.717, 1.165) is 23.4 Å². The van der Waals surface area contributed by atoms with Crippen LogP contribution in [0.4, 0.5) is 11.6 Å². The number of hydrogen-bond acceptors (Lipinski definition) is 5. The molecular weight excluding hydrogens is 360 g/mol. The molecule has 23 heavy (non-hydrogen) atoms. The summed E-state index contributed by atoms with van der Waals surface area (Å²) >= 11 is 3.54. The lowest BCUT2D eigenvalue weighted by atomic mass is 10.2. The molecule has 1 aliphatic heterocycles. The highest BCUT2D eigenvalue weighted by Crippen LogP contribution is 2.32. The molecule has 2 heterocycles. The first-order valence-corrected chi connectivity index (χ1v) is 8.23. The number of carbonyl (C=O) groups is 1. The van der Waals surface area contributed by atoms with E-state index in [0.29, 0.717) is 17.0 Å². The highest BCUT2D eigenvalue weighted by atomic mass is 79.9. The van der Waals surface area contributed by atoms with Crippen LogP contribution < -0.4 is 4.90 Å². The Bertz CT molecular complexity index is 733. The van der Waals surface area contributed by atoms with Gasteiger partial charge in [-0.3, -0.25) is 4.99 Å². The summed E-state index contributed by atoms with van der Waals surface area (Å²) in [5, 5.41) is 0. The maximum absolute atomic E-state index is 11.5. The standard InChI is InChI=1S/C17H17BrN2O3/c1-22-17(21)12-5-4-6-13(9-12)19-11-14-10-15(18)16(23-14)20-7-2-3-8-20/h4-6,9-11H,2-3,7-8H2,1H3. The molecule has 3 rings (SSSR count). The zero-order valence-electron chi connectivity index (χ0n) is 12.8. The molecule has 0 N–H and O–H groups in total. The van der Waals surface area contributed by atoms with Crippen molar-refractivity contribution in [2.45, 2.75) is 12.8 Å². The Kier molecular flexibility index (Phi) is 4.81. The molecule has 120 valence electrons. The molecule has 6 heteroatoms. The fraction of sp³-hybridized carbons (Fsp3) is 0.294. The molecule has 0 amide bonds. The summed E-state index contributed by atoms with van der Waals surface area (Å²) in [5.41, 5.74) is 1.14. The smallest absolute Gasteiger partial charge is 0.337 e. The average molecular weight is 377 g/mol. The lowest BCUT2D eigenvalue weighted by Gasteiger charge is -2.13. The fourth-order valence-corrected chi connectivity index (χ4v) is 3.10. The molecule has 1 saturated heterocycles. The van der Waals surface area contributed by atoms with E-state index in [1.165, 1.54) is 20.0 Å². The quantitative estimate of drug-likeness (QED) is 0.593. The van der Waals surface area contributed by atoms with Gasteiger partial charge >= 0.3 is 5.97 Å². The van der Waals surface area contributed by atoms with Gasteiger partial charge in [-0.25, -0.2) is 4.79 Å². The number of nitrogens with zero attached hydrogens (tertiary/aromatic N) is 2. The van der Waals surface area contributed by atoms with Crippen LogP contribution in [0.3, 0.4) is 0 Å². The molecule has 5 nitrogen and oxygen atoms in total. The van der Waals surface area contributed by atoms with Gasteiger partial charge in [0.1, 0.15) is 5.76 Å². The molecule has 0 spiro atoms. The second kappa shape index (κ2) is 7.00. The number of methoxy groups -OCH3 is 1. The monoisotopic (exact) mass is 376 g/mol. The first kappa shape index (κ1) is 15.8. The lowest BCUT2D eigenvalue weighted by Crippen LogP contribution is -2.17. The number of carbonyl (C=O) groups excluding carboxylic acids is 1. The second-order valence-corrected chi connectivity index (χ2v) is 6.15. The van der Waals surface area contributed by atoms with Crippen LogP contribution >= 0.6 is 15.9 Å². The molecule has 0 radical (unpaired) electrons. The maximum Gasteiger partial charge on any atom is 0.337 e. The number of furan rings is 1. The molecule has 1 aliphatic rings. The highest BCUT2D eigenvalue weighted by molar-refractivity contribution is 9.10. The predicted octanol–water partition coefficient (Wildman–Crippen LogP) is 4.18. The number of aliphatic imine (C=N–C) groups is 1. The number of anilines is 1. The Morgan fingerprint density at radius 2 is 2.13 bits per heavy atom. The Morgan fingerprint density at radius 1 is 1.35 bits per heavy atom. The van der Waals surface area contributed by atoms with Crippen molar-refractivity contribution in [2.75, 3.05) is 25.1 Å². The van der Waals surface area contributed by atoms with Gasteiger partial charge in [0.25, 0.3) is 0 Å². The Morgan fingerprint density at radius 3 is 2.87 bits per heavy atom. The zero-order valence-corrected chi connectivity index (χ0v) is 14.4. The van der Waals surface area contributed by atoms with Crippen LogP contribution in [-0.2, 0) is 4.74 Å². The van der Waals surface area contributed by atoms with E-state index >= 15 is 0 Å². The third-order valence-electron chi connectivity index (χ3n) is 3.69. The van der Waals surface area contributed by atoms with Crippen LogP contribution in [-0.4, -0.2) is 32.4 Å². The van der Waals surface area contributed by atoms with Crippen molar-refractivity contribution < 1.29 is 13.9 Å². The molecule has 0 saturated carbocycles. The van der Waals surface area contributed by atoms with Gasteiger partial charge < -0.3 is 14.1 Å². The first-order valence-electron chi connectivity index (χ1n) is 7.44. The van der Waals surface area contributed by atoms with Gasteiger partial charge in [-0.1, -0.05) is 6.07 Å². The minimum atomic E-state index is -0.376. The van der Waals surface area contributed by atoms with Gasteiger partial charge in [0, 0.05) is 19.2 Å². The Hall–Kier alpha value is -2.08. The molecule has 1 aromatic carbocycles. The summed E-state index contributed by atoms with van der Waals surface area (Å²) in [6.07, 6.45) is 4.04. The van der Waals surface area contributed by atoms with E-state index in [1.54, 1.807) is 24.4 Å². The largest absolute Gasteiger partial charge is 0.465 e. The number of halogens is 1. The van der Waals surface area contributed by atoms with E-state index in [-0.39, 0.29) is 5.97 Å². The molecule has 0 unspecified atom stereocenters. The molecule has 0 aliphatic carbocycles. The van der Waals surface area contributed by atoms with Gasteiger partial charge in [0.05, 0.1) is 29.0 Å². The molecule has 1 aromatic heterocycles. The predicted molar refractivity (Wildman–Crippen MR) is 92.9 cm³/mol. The topological polar surface area (TPSA) is 55.0 Å². The van der Waals surface area contributed by atoms with Gasteiger partial charge in [-0.05, 0) is 47.0 Å². The van der Waals surface area contributed by atoms with Crippen molar-refractivity contribution in [1.82, 2.24) is 0 Å². The van der Waals surface area contributed by atoms with Crippen molar-refractivity contribution in [1.29, 1.82) is 0 Å². The third-order valence-corrected chi connectivity index (χ3v) is 4.26. The summed E-state index contributed by atoms with van der Waals surface area (Å²) < 4.78 is 11.5. The zero-order chi connectivity index (χ0) is 16.2. The van der Waals surface area contributed by atoms with E-state index in [4.69, 9.17) is 9.15 Å². The normalized spacial score (nSPS) is 14.6. The molecule has 1 fully saturated rings. The number of esters is 1. The van der Waals surface area contributed by atoms with Gasteiger partial charge in [0.15, 0.2) is 0 Å². The van der Waals surface area contributed by atoms with Crippen LogP contribution in [0.25, 0.3) is 0 Å². The third kappa shape index (κ3) is 3.64. The van der Waals surface area contributed by atoms with Crippen molar-refractivity contribution >= 4 is 39.7 Å². The average Bonchev–Trinajstić information content (AvgIpc) is 3.21. The minimum Gasteiger partial charge on any atom is -0.465 e. The minimum absolute atomic E-state index is 0.376. The number of benzene rings is 1. The van der Waals surface area contributed by atoms with Crippen molar-refractivity contribution in [2.24, 2.45) is 4.99 Å². The summed E-state index contributed by atoms with van der Waals surface area (Å²) in [7, 11) is 1.36. The van der Waals surface area contributed by atoms with Crippen LogP contribution in [0.1, 0.15) is 29.0 Å². The lowest BCUT2D eigenvalue weighted by molar-refractivity contribution is 0.0601. The van der Waals surface area contributed by atoms with E-state index < -0.39 is 0 Å². The van der Waals surface area contributed by atoms with Gasteiger partial charge in [-0.15, -0.1) is 0 Å². The SMILES string of the molecule is COC(=O)c1cccc(N=Cc2cc(Br)c(N3CCCC3)o2)c1. The summed E-state index contributed by atoms with van der Waals surface area (Å²) in [5.74, 6) is 1.15. The number of hydrogen-bond donors (Lipinski definition) is 0. The van der Waals surface area contributed by atoms with Crippen molar-refractivity contribution in [3.63, 3.8) is 0 Å². The van der Waals surface area contributed by atoms with E-state index in [9.17, 15) is 4.79 Å². The van der Waals surface area contributed by atoms with Crippen LogP contribution in [0, 0.1) is 0 Å². The van der Waals surface area contributed by atoms with Crippen LogP contribution in [0.2, 0.25) is 0 Å². The summed E-state index contributed by atoms with van der Waals surface area (Å²) in [4.78, 5) is 18.1. The molecule has 2 aromatic rings. The van der Waals surface area contributed by atoms with Crippen LogP contribution in [0.5, 0.6) is 0 Å². The Labute approximate surface area is 143 Å². The molecule has 0 bridgehead atoms. The first-order chi connectivity index (χ1) is 11.2. The van der Waals surface area contributed by atoms with Crippen LogP contribution in [0.15, 0.2) is 44.2 Å². The number of ether oxygens (including phenoxy) is 1. The van der Waals surface area contributed by atoms with Gasteiger partial charge in [0.2, 0.25) is 5.88 Å². The van der Waals surface area contributed by atoms with E-state index in [1.807, 2.05) is 12.1 Å². The fourth-order valence-electron chi connectivity index (χ4n) is 2.55. The Balaban J connectivity index is 1.78. The summed E-state index contributed by atoms with van der Waals surface area (Å²) in [6.45, 7) is 2.04. The summed E-state index contributed by atoms with van der Waals surface area (Å²) in [6, 6.07) is 8.87. The van der Waals surface area contributed by atoms with E-state index in [2.05, 4.69) is 25.8 Å². The maximum atomic E-state index is 11.5. The second-order valence-electron chi connectivity index (χ2n) is 5.30.